The monoisotopic (exact) mass is 250 g/mol. The fraction of sp³-hybridized carbons (Fsp3) is 0.231. The van der Waals surface area contributed by atoms with Crippen LogP contribution in [0.4, 0.5) is 0 Å². The van der Waals surface area contributed by atoms with Gasteiger partial charge in [0.15, 0.2) is 13.1 Å². The third-order valence-electron chi connectivity index (χ3n) is 2.63. The number of aliphatic carboxylic acids is 2. The first-order valence-corrected chi connectivity index (χ1v) is 5.44. The van der Waals surface area contributed by atoms with Gasteiger partial charge in [-0.25, -0.2) is 9.59 Å². The van der Waals surface area contributed by atoms with Crippen molar-refractivity contribution in [1.82, 2.24) is 0 Å². The Morgan fingerprint density at radius 2 is 1.61 bits per heavy atom. The summed E-state index contributed by atoms with van der Waals surface area (Å²) in [4.78, 5) is 21.8. The number of carbonyl (C=O) groups is 2. The van der Waals surface area contributed by atoms with Gasteiger partial charge in [-0.15, -0.1) is 0 Å². The first-order valence-electron chi connectivity index (χ1n) is 5.44. The largest absolute Gasteiger partial charge is 0.477 e. The summed E-state index contributed by atoms with van der Waals surface area (Å²) in [6.07, 6.45) is 1.38. The van der Waals surface area contributed by atoms with Crippen molar-refractivity contribution in [3.63, 3.8) is 0 Å². The van der Waals surface area contributed by atoms with Gasteiger partial charge in [0.05, 0.1) is 6.20 Å². The molecule has 0 aliphatic heterocycles. The predicted octanol–water partition coefficient (Wildman–Crippen LogP) is 1.32. The summed E-state index contributed by atoms with van der Waals surface area (Å²) in [6, 6.07) is 9.17. The first-order chi connectivity index (χ1) is 8.47. The van der Waals surface area contributed by atoms with E-state index in [-0.39, 0.29) is 17.6 Å². The summed E-state index contributed by atoms with van der Waals surface area (Å²) in [5, 5.41) is 17.8. The molecule has 18 heavy (non-hydrogen) atoms. The van der Waals surface area contributed by atoms with Crippen LogP contribution in [-0.2, 0) is 16.1 Å². The predicted molar refractivity (Wildman–Crippen MR) is 65.6 cm³/mol. The Balaban J connectivity index is 2.98. The molecular formula is C13H16NO4+. The second kappa shape index (κ2) is 5.97. The molecule has 96 valence electrons. The van der Waals surface area contributed by atoms with Crippen LogP contribution in [0.15, 0.2) is 43.1 Å². The van der Waals surface area contributed by atoms with E-state index in [2.05, 4.69) is 6.58 Å². The zero-order valence-electron chi connectivity index (χ0n) is 9.95. The topological polar surface area (TPSA) is 74.6 Å². The molecule has 1 aromatic carbocycles. The molecule has 0 aromatic heterocycles. The van der Waals surface area contributed by atoms with Gasteiger partial charge in [0.25, 0.3) is 0 Å². The van der Waals surface area contributed by atoms with Crippen LogP contribution in [0.5, 0.6) is 0 Å². The quantitative estimate of drug-likeness (QED) is 0.716. The number of hydrogen-bond acceptors (Lipinski definition) is 2. The lowest BCUT2D eigenvalue weighted by molar-refractivity contribution is -0.878. The number of rotatable bonds is 7. The van der Waals surface area contributed by atoms with Crippen LogP contribution in [-0.4, -0.2) is 39.7 Å². The van der Waals surface area contributed by atoms with Crippen LogP contribution in [0.3, 0.4) is 0 Å². The molecule has 1 rings (SSSR count). The maximum Gasteiger partial charge on any atom is 0.359 e. The van der Waals surface area contributed by atoms with Crippen molar-refractivity contribution in [2.75, 3.05) is 13.1 Å². The van der Waals surface area contributed by atoms with Crippen LogP contribution in [0.2, 0.25) is 0 Å². The molecule has 0 saturated heterocycles. The maximum absolute atomic E-state index is 10.9. The van der Waals surface area contributed by atoms with Gasteiger partial charge in [0.1, 0.15) is 6.54 Å². The van der Waals surface area contributed by atoms with Gasteiger partial charge in [-0.2, -0.15) is 0 Å². The second-order valence-electron chi connectivity index (χ2n) is 4.15. The van der Waals surface area contributed by atoms with Crippen molar-refractivity contribution in [3.8, 4) is 0 Å². The van der Waals surface area contributed by atoms with E-state index in [0.29, 0.717) is 6.54 Å². The lowest BCUT2D eigenvalue weighted by atomic mass is 10.2. The highest BCUT2D eigenvalue weighted by Crippen LogP contribution is 2.15. The van der Waals surface area contributed by atoms with E-state index in [1.165, 1.54) is 6.20 Å². The molecule has 0 radical (unpaired) electrons. The zero-order chi connectivity index (χ0) is 13.6. The lowest BCUT2D eigenvalue weighted by Gasteiger charge is -2.31. The molecule has 1 aromatic rings. The molecule has 0 atom stereocenters. The molecule has 0 fully saturated rings. The minimum absolute atomic E-state index is 0.214. The summed E-state index contributed by atoms with van der Waals surface area (Å²) in [5.74, 6) is -2.10. The standard InChI is InChI=1S/C13H15NO4/c1-2-14(9-12(15)16,10-13(17)18)8-11-6-4-3-5-7-11/h2-7H,1,8-10H2,(H-,15,16,17,18)/p+1. The van der Waals surface area contributed by atoms with Crippen LogP contribution in [0.25, 0.3) is 0 Å². The SMILES string of the molecule is C=C[N+](CC(=O)O)(CC(=O)O)Cc1ccccc1. The highest BCUT2D eigenvalue weighted by Gasteiger charge is 2.31. The van der Waals surface area contributed by atoms with Crippen molar-refractivity contribution in [2.24, 2.45) is 0 Å². The highest BCUT2D eigenvalue weighted by molar-refractivity contribution is 5.70. The summed E-state index contributed by atoms with van der Waals surface area (Å²) in [7, 11) is 0. The Bertz CT molecular complexity index is 426. The maximum atomic E-state index is 10.9. The molecular weight excluding hydrogens is 234 g/mol. The first kappa shape index (κ1) is 13.9. The van der Waals surface area contributed by atoms with Crippen molar-refractivity contribution in [2.45, 2.75) is 6.54 Å². The highest BCUT2D eigenvalue weighted by atomic mass is 16.4. The third-order valence-corrected chi connectivity index (χ3v) is 2.63. The number of benzene rings is 1. The lowest BCUT2D eigenvalue weighted by Crippen LogP contribution is -2.48. The molecule has 0 heterocycles. The average molecular weight is 250 g/mol. The molecule has 0 aliphatic carbocycles. The molecule has 0 aliphatic rings. The van der Waals surface area contributed by atoms with Crippen molar-refractivity contribution >= 4 is 11.9 Å². The molecule has 0 spiro atoms. The molecule has 0 saturated carbocycles. The Labute approximate surface area is 105 Å². The molecule has 5 nitrogen and oxygen atoms in total. The van der Waals surface area contributed by atoms with Gasteiger partial charge in [0, 0.05) is 5.56 Å². The number of nitrogens with zero attached hydrogens (tertiary/aromatic N) is 1. The van der Waals surface area contributed by atoms with Crippen molar-refractivity contribution in [3.05, 3.63) is 48.7 Å². The van der Waals surface area contributed by atoms with E-state index in [0.717, 1.165) is 5.56 Å². The number of carboxylic acid groups (broad SMARTS) is 2. The zero-order valence-corrected chi connectivity index (χ0v) is 9.95. The van der Waals surface area contributed by atoms with Crippen LogP contribution >= 0.6 is 0 Å². The van der Waals surface area contributed by atoms with Crippen LogP contribution in [0, 0.1) is 0 Å². The minimum Gasteiger partial charge on any atom is -0.477 e. The van der Waals surface area contributed by atoms with E-state index in [4.69, 9.17) is 10.2 Å². The Kier molecular flexibility index (Phi) is 4.62. The second-order valence-corrected chi connectivity index (χ2v) is 4.15. The van der Waals surface area contributed by atoms with Gasteiger partial charge in [0.2, 0.25) is 0 Å². The van der Waals surface area contributed by atoms with E-state index in [1.54, 1.807) is 0 Å². The normalized spacial score (nSPS) is 10.9. The smallest absolute Gasteiger partial charge is 0.359 e. The van der Waals surface area contributed by atoms with Gasteiger partial charge in [-0.1, -0.05) is 30.3 Å². The Hall–Kier alpha value is -2.14. The summed E-state index contributed by atoms with van der Waals surface area (Å²) >= 11 is 0. The van der Waals surface area contributed by atoms with E-state index in [9.17, 15) is 9.59 Å². The van der Waals surface area contributed by atoms with Gasteiger partial charge >= 0.3 is 11.9 Å². The summed E-state index contributed by atoms with van der Waals surface area (Å²) in [5.41, 5.74) is 0.875. The van der Waals surface area contributed by atoms with Gasteiger partial charge < -0.3 is 10.2 Å². The van der Waals surface area contributed by atoms with E-state index in [1.807, 2.05) is 30.3 Å². The molecule has 0 amide bonds. The molecule has 5 heteroatoms. The number of hydrogen-bond donors (Lipinski definition) is 2. The Morgan fingerprint density at radius 1 is 1.11 bits per heavy atom. The number of quaternary nitrogens is 1. The fourth-order valence-electron chi connectivity index (χ4n) is 1.85. The van der Waals surface area contributed by atoms with Crippen LogP contribution in [0.1, 0.15) is 5.56 Å². The third kappa shape index (κ3) is 4.03. The van der Waals surface area contributed by atoms with Crippen molar-refractivity contribution in [1.29, 1.82) is 0 Å². The fourth-order valence-corrected chi connectivity index (χ4v) is 1.85. The molecule has 2 N–H and O–H groups in total. The minimum atomic E-state index is -1.05. The Morgan fingerprint density at radius 3 is 2.00 bits per heavy atom. The number of carboxylic acids is 2. The van der Waals surface area contributed by atoms with Crippen LogP contribution < -0.4 is 0 Å². The summed E-state index contributed by atoms with van der Waals surface area (Å²) in [6.45, 7) is 3.27. The summed E-state index contributed by atoms with van der Waals surface area (Å²) < 4.78 is -0.214. The average Bonchev–Trinajstić information content (AvgIpc) is 2.28. The van der Waals surface area contributed by atoms with Crippen molar-refractivity contribution < 1.29 is 24.3 Å². The van der Waals surface area contributed by atoms with Gasteiger partial charge in [-0.05, 0) is 6.58 Å². The molecule has 0 unspecified atom stereocenters. The molecule has 0 bridgehead atoms. The van der Waals surface area contributed by atoms with E-state index >= 15 is 0 Å². The van der Waals surface area contributed by atoms with Gasteiger partial charge in [-0.3, -0.25) is 4.48 Å². The van der Waals surface area contributed by atoms with E-state index < -0.39 is 11.9 Å².